The van der Waals surface area contributed by atoms with Gasteiger partial charge in [-0.15, -0.1) is 0 Å². The summed E-state index contributed by atoms with van der Waals surface area (Å²) in [6.45, 7) is 1.92. The molecule has 4 rings (SSSR count). The number of ketones is 1. The first-order chi connectivity index (χ1) is 14.9. The van der Waals surface area contributed by atoms with E-state index in [1.54, 1.807) is 36.5 Å². The van der Waals surface area contributed by atoms with Gasteiger partial charge in [0.1, 0.15) is 11.5 Å². The highest BCUT2D eigenvalue weighted by atomic mass is 35.5. The smallest absolute Gasteiger partial charge is 0.331 e. The van der Waals surface area contributed by atoms with Crippen LogP contribution in [0.25, 0.3) is 0 Å². The number of Topliss-reactive ketones (excluding diaryl/α,β-unsaturated/α-hetero) is 1. The van der Waals surface area contributed by atoms with Gasteiger partial charge < -0.3 is 10.4 Å². The molecule has 158 valence electrons. The zero-order chi connectivity index (χ0) is 22.1. The Kier molecular flexibility index (Phi) is 5.74. The lowest BCUT2D eigenvalue weighted by Crippen LogP contribution is -2.21. The fraction of sp³-hybridized carbons (Fsp3) is 0.250. The Hall–Kier alpha value is -3.25. The maximum atomic E-state index is 13.3. The highest BCUT2D eigenvalue weighted by molar-refractivity contribution is 6.53. The van der Waals surface area contributed by atoms with Gasteiger partial charge in [-0.05, 0) is 55.0 Å². The molecule has 2 aliphatic carbocycles. The molecule has 0 radical (unpaired) electrons. The minimum absolute atomic E-state index is 0.0686. The van der Waals surface area contributed by atoms with E-state index in [0.717, 1.165) is 24.1 Å². The first-order valence-corrected chi connectivity index (χ1v) is 10.5. The molecule has 1 saturated carbocycles. The summed E-state index contributed by atoms with van der Waals surface area (Å²) in [6.07, 6.45) is 7.28. The van der Waals surface area contributed by atoms with E-state index >= 15 is 0 Å². The van der Waals surface area contributed by atoms with E-state index in [4.69, 9.17) is 17.0 Å². The second-order valence-corrected chi connectivity index (χ2v) is 8.34. The van der Waals surface area contributed by atoms with E-state index in [1.807, 2.05) is 19.1 Å². The Morgan fingerprint density at radius 2 is 1.97 bits per heavy atom. The van der Waals surface area contributed by atoms with Crippen LogP contribution in [0.5, 0.6) is 0 Å². The van der Waals surface area contributed by atoms with Gasteiger partial charge >= 0.3 is 5.97 Å². The van der Waals surface area contributed by atoms with Crippen LogP contribution in [0.4, 0.5) is 5.82 Å². The Balaban J connectivity index is 1.65. The van der Waals surface area contributed by atoms with Crippen LogP contribution in [0.2, 0.25) is 5.02 Å². The summed E-state index contributed by atoms with van der Waals surface area (Å²) in [7, 11) is 0. The number of rotatable bonds is 7. The molecule has 6 nitrogen and oxygen atoms in total. The fourth-order valence-electron chi connectivity index (χ4n) is 3.79. The van der Waals surface area contributed by atoms with Crippen molar-refractivity contribution in [1.82, 2.24) is 4.98 Å². The van der Waals surface area contributed by atoms with Crippen molar-refractivity contribution in [2.24, 2.45) is 5.92 Å². The number of halogens is 1. The van der Waals surface area contributed by atoms with Crippen molar-refractivity contribution in [3.05, 3.63) is 81.7 Å². The number of nitrogens with one attached hydrogen (secondary N) is 2. The molecule has 2 aromatic rings. The summed E-state index contributed by atoms with van der Waals surface area (Å²) in [6, 6.07) is 8.78. The fourth-order valence-corrected chi connectivity index (χ4v) is 4.06. The molecule has 0 spiro atoms. The van der Waals surface area contributed by atoms with Gasteiger partial charge in [0.15, 0.2) is 0 Å². The van der Waals surface area contributed by atoms with E-state index in [0.29, 0.717) is 39.9 Å². The highest BCUT2D eigenvalue weighted by Gasteiger charge is 2.31. The zero-order valence-corrected chi connectivity index (χ0v) is 17.7. The van der Waals surface area contributed by atoms with Crippen molar-refractivity contribution in [3.63, 3.8) is 0 Å². The standard InChI is InChI=1S/C24H22ClN3O3/c1-13-12-15(24(30)31)9-10-19(13)28-23-17(5-3-11-27-23)21(26)22(29)20-16(14-7-8-14)4-2-6-18(20)25/h2-6,9-11,13-14,26H,7-8,12H2,1H3,(H,27,28)(H,30,31). The van der Waals surface area contributed by atoms with Gasteiger partial charge in [0, 0.05) is 34.5 Å². The van der Waals surface area contributed by atoms with E-state index in [-0.39, 0.29) is 11.6 Å². The molecule has 1 heterocycles. The van der Waals surface area contributed by atoms with Crippen molar-refractivity contribution in [3.8, 4) is 0 Å². The largest absolute Gasteiger partial charge is 0.478 e. The van der Waals surface area contributed by atoms with Gasteiger partial charge in [0.2, 0.25) is 5.78 Å². The van der Waals surface area contributed by atoms with Gasteiger partial charge in [-0.1, -0.05) is 36.7 Å². The second kappa shape index (κ2) is 8.47. The molecule has 2 aliphatic rings. The van der Waals surface area contributed by atoms with E-state index in [2.05, 4.69) is 10.3 Å². The average molecular weight is 436 g/mol. The van der Waals surface area contributed by atoms with Gasteiger partial charge in [0.05, 0.1) is 5.02 Å². The Morgan fingerprint density at radius 3 is 2.65 bits per heavy atom. The summed E-state index contributed by atoms with van der Waals surface area (Å²) in [5, 5.41) is 21.4. The van der Waals surface area contributed by atoms with Gasteiger partial charge in [0.25, 0.3) is 0 Å². The lowest BCUT2D eigenvalue weighted by atomic mass is 9.92. The van der Waals surface area contributed by atoms with Gasteiger partial charge in [-0.2, -0.15) is 0 Å². The Bertz CT molecular complexity index is 1150. The van der Waals surface area contributed by atoms with Gasteiger partial charge in [-0.25, -0.2) is 9.78 Å². The number of benzene rings is 1. The third-order valence-corrected chi connectivity index (χ3v) is 5.97. The molecule has 0 aliphatic heterocycles. The van der Waals surface area contributed by atoms with E-state index < -0.39 is 11.8 Å². The van der Waals surface area contributed by atoms with Crippen LogP contribution in [0.3, 0.4) is 0 Å². The van der Waals surface area contributed by atoms with Gasteiger partial charge in [-0.3, -0.25) is 10.2 Å². The quantitative estimate of drug-likeness (QED) is 0.409. The number of hydrogen-bond donors (Lipinski definition) is 3. The predicted molar refractivity (Wildman–Crippen MR) is 120 cm³/mol. The Labute approximate surface area is 185 Å². The number of anilines is 1. The van der Waals surface area contributed by atoms with Crippen molar-refractivity contribution >= 4 is 34.9 Å². The minimum atomic E-state index is -0.931. The molecule has 1 atom stereocenters. The number of hydrogen-bond acceptors (Lipinski definition) is 5. The van der Waals surface area contributed by atoms with Crippen LogP contribution in [-0.4, -0.2) is 27.6 Å². The summed E-state index contributed by atoms with van der Waals surface area (Å²) in [5.74, 6) is -0.728. The lowest BCUT2D eigenvalue weighted by molar-refractivity contribution is -0.132. The number of aliphatic carboxylic acids is 1. The van der Waals surface area contributed by atoms with Crippen molar-refractivity contribution in [2.75, 3.05) is 5.32 Å². The van der Waals surface area contributed by atoms with Crippen LogP contribution in [0, 0.1) is 11.3 Å². The number of nitrogens with zero attached hydrogens (tertiary/aromatic N) is 1. The molecule has 1 aromatic heterocycles. The molecule has 1 unspecified atom stereocenters. The number of carbonyl (C=O) groups excluding carboxylic acids is 1. The number of aromatic nitrogens is 1. The predicted octanol–water partition coefficient (Wildman–Crippen LogP) is 5.21. The second-order valence-electron chi connectivity index (χ2n) is 7.93. The SMILES string of the molecule is CC1CC(C(=O)O)=CC=C1Nc1ncccc1C(=N)C(=O)c1c(Cl)cccc1C1CC1. The molecule has 0 saturated heterocycles. The number of pyridine rings is 1. The summed E-state index contributed by atoms with van der Waals surface area (Å²) >= 11 is 6.37. The third-order valence-electron chi connectivity index (χ3n) is 5.65. The van der Waals surface area contributed by atoms with Crippen LogP contribution >= 0.6 is 11.6 Å². The molecule has 0 amide bonds. The molecule has 7 heteroatoms. The summed E-state index contributed by atoms with van der Waals surface area (Å²) in [5.41, 5.74) is 2.60. The molecular weight excluding hydrogens is 414 g/mol. The zero-order valence-electron chi connectivity index (χ0n) is 17.0. The molecule has 0 bridgehead atoms. The average Bonchev–Trinajstić information content (AvgIpc) is 3.59. The summed E-state index contributed by atoms with van der Waals surface area (Å²) < 4.78 is 0. The van der Waals surface area contributed by atoms with E-state index in [9.17, 15) is 14.7 Å². The Morgan fingerprint density at radius 1 is 1.19 bits per heavy atom. The normalized spacial score (nSPS) is 18.1. The maximum absolute atomic E-state index is 13.3. The monoisotopic (exact) mass is 435 g/mol. The van der Waals surface area contributed by atoms with Crippen molar-refractivity contribution in [2.45, 2.75) is 32.1 Å². The number of carboxylic acid groups (broad SMARTS) is 1. The van der Waals surface area contributed by atoms with Crippen LogP contribution < -0.4 is 5.32 Å². The first-order valence-electron chi connectivity index (χ1n) is 10.1. The van der Waals surface area contributed by atoms with Crippen LogP contribution in [-0.2, 0) is 4.79 Å². The highest BCUT2D eigenvalue weighted by Crippen LogP contribution is 2.43. The van der Waals surface area contributed by atoms with Crippen molar-refractivity contribution in [1.29, 1.82) is 5.41 Å². The first kappa shape index (κ1) is 21.0. The minimum Gasteiger partial charge on any atom is -0.478 e. The molecule has 31 heavy (non-hydrogen) atoms. The van der Waals surface area contributed by atoms with Crippen LogP contribution in [0.1, 0.15) is 53.6 Å². The summed E-state index contributed by atoms with van der Waals surface area (Å²) in [4.78, 5) is 28.8. The number of carboxylic acids is 1. The lowest BCUT2D eigenvalue weighted by Gasteiger charge is -2.22. The van der Waals surface area contributed by atoms with Crippen molar-refractivity contribution < 1.29 is 14.7 Å². The van der Waals surface area contributed by atoms with E-state index in [1.165, 1.54) is 0 Å². The maximum Gasteiger partial charge on any atom is 0.331 e. The molecule has 1 aromatic carbocycles. The number of carbonyl (C=O) groups is 2. The van der Waals surface area contributed by atoms with Crippen LogP contribution in [0.15, 0.2) is 60.0 Å². The third kappa shape index (κ3) is 4.30. The molecule has 3 N–H and O–H groups in total. The topological polar surface area (TPSA) is 103 Å². The number of allylic oxidation sites excluding steroid dienone is 3. The molecular formula is C24H22ClN3O3. The molecule has 1 fully saturated rings.